The van der Waals surface area contributed by atoms with Crippen molar-refractivity contribution in [3.05, 3.63) is 23.0 Å². The first-order valence-electron chi connectivity index (χ1n) is 5.67. The van der Waals surface area contributed by atoms with Crippen molar-refractivity contribution in [1.29, 1.82) is 0 Å². The molecule has 0 aliphatic carbocycles. The Hall–Kier alpha value is -1.91. The number of rotatable bonds is 2. The molecule has 2 N–H and O–H groups in total. The fourth-order valence-corrected chi connectivity index (χ4v) is 1.94. The molecule has 0 aromatic carbocycles. The molecular formula is C12H17N5. The Morgan fingerprint density at radius 2 is 2.00 bits per heavy atom. The number of hydrogen-bond acceptors (Lipinski definition) is 4. The molecule has 0 unspecified atom stereocenters. The van der Waals surface area contributed by atoms with Crippen LogP contribution in [0.3, 0.4) is 0 Å². The van der Waals surface area contributed by atoms with E-state index in [2.05, 4.69) is 22.2 Å². The van der Waals surface area contributed by atoms with Gasteiger partial charge in [-0.3, -0.25) is 4.68 Å². The molecule has 0 saturated carbocycles. The van der Waals surface area contributed by atoms with Gasteiger partial charge in [-0.2, -0.15) is 15.3 Å². The first kappa shape index (κ1) is 11.6. The molecule has 0 aliphatic rings. The van der Waals surface area contributed by atoms with Gasteiger partial charge < -0.3 is 5.73 Å². The number of nitrogens with two attached hydrogens (primary N) is 1. The molecule has 5 nitrogen and oxygen atoms in total. The van der Waals surface area contributed by atoms with Gasteiger partial charge in [-0.1, -0.05) is 6.92 Å². The molecule has 0 spiro atoms. The smallest absolute Gasteiger partial charge is 0.125 e. The van der Waals surface area contributed by atoms with E-state index in [9.17, 15) is 0 Å². The predicted octanol–water partition coefficient (Wildman–Crippen LogP) is 1.64. The summed E-state index contributed by atoms with van der Waals surface area (Å²) in [4.78, 5) is 0. The molecule has 2 rings (SSSR count). The van der Waals surface area contributed by atoms with Gasteiger partial charge in [0.2, 0.25) is 0 Å². The third kappa shape index (κ3) is 1.88. The second-order valence-corrected chi connectivity index (χ2v) is 4.17. The number of hydrogen-bond donors (Lipinski definition) is 1. The molecule has 17 heavy (non-hydrogen) atoms. The Labute approximate surface area is 101 Å². The molecule has 0 aliphatic heterocycles. The van der Waals surface area contributed by atoms with Gasteiger partial charge in [0.05, 0.1) is 17.1 Å². The van der Waals surface area contributed by atoms with Crippen molar-refractivity contribution in [2.24, 2.45) is 7.05 Å². The maximum absolute atomic E-state index is 6.00. The monoisotopic (exact) mass is 231 g/mol. The van der Waals surface area contributed by atoms with Crippen molar-refractivity contribution in [3.8, 4) is 11.3 Å². The Kier molecular flexibility index (Phi) is 2.83. The minimum atomic E-state index is 0.719. The molecule has 2 aromatic rings. The molecule has 2 heterocycles. The number of aromatic nitrogens is 4. The van der Waals surface area contributed by atoms with Crippen molar-refractivity contribution < 1.29 is 0 Å². The van der Waals surface area contributed by atoms with Gasteiger partial charge in [-0.05, 0) is 26.3 Å². The fraction of sp³-hybridized carbons (Fsp3) is 0.417. The van der Waals surface area contributed by atoms with Crippen LogP contribution in [0.4, 0.5) is 5.82 Å². The van der Waals surface area contributed by atoms with Crippen LogP contribution in [0, 0.1) is 13.8 Å². The first-order valence-corrected chi connectivity index (χ1v) is 5.67. The van der Waals surface area contributed by atoms with Crippen LogP contribution in [-0.2, 0) is 13.5 Å². The zero-order chi connectivity index (χ0) is 12.6. The SMILES string of the molecule is CCc1c(-c2cc(C)nnc2C)nn(C)c1N. The van der Waals surface area contributed by atoms with Crippen LogP contribution >= 0.6 is 0 Å². The summed E-state index contributed by atoms with van der Waals surface area (Å²) < 4.78 is 1.71. The average molecular weight is 231 g/mol. The van der Waals surface area contributed by atoms with Crippen LogP contribution in [-0.4, -0.2) is 20.0 Å². The van der Waals surface area contributed by atoms with E-state index < -0.39 is 0 Å². The first-order chi connectivity index (χ1) is 8.04. The van der Waals surface area contributed by atoms with Crippen LogP contribution in [0.5, 0.6) is 0 Å². The largest absolute Gasteiger partial charge is 0.384 e. The summed E-state index contributed by atoms with van der Waals surface area (Å²) in [7, 11) is 1.86. The van der Waals surface area contributed by atoms with Crippen molar-refractivity contribution in [2.45, 2.75) is 27.2 Å². The molecule has 5 heteroatoms. The van der Waals surface area contributed by atoms with Gasteiger partial charge in [-0.15, -0.1) is 0 Å². The lowest BCUT2D eigenvalue weighted by atomic mass is 10.0. The van der Waals surface area contributed by atoms with Gasteiger partial charge >= 0.3 is 0 Å². The predicted molar refractivity (Wildman–Crippen MR) is 67.5 cm³/mol. The number of nitrogens with zero attached hydrogens (tertiary/aromatic N) is 4. The van der Waals surface area contributed by atoms with E-state index in [4.69, 9.17) is 5.73 Å². The second kappa shape index (κ2) is 4.16. The quantitative estimate of drug-likeness (QED) is 0.853. The Morgan fingerprint density at radius 3 is 2.65 bits per heavy atom. The van der Waals surface area contributed by atoms with E-state index in [0.717, 1.165) is 40.4 Å². The molecule has 0 atom stereocenters. The second-order valence-electron chi connectivity index (χ2n) is 4.17. The van der Waals surface area contributed by atoms with Crippen molar-refractivity contribution in [2.75, 3.05) is 5.73 Å². The molecule has 2 aromatic heterocycles. The maximum atomic E-state index is 6.00. The Bertz CT molecular complexity index is 556. The van der Waals surface area contributed by atoms with Gasteiger partial charge in [0.15, 0.2) is 0 Å². The van der Waals surface area contributed by atoms with Crippen LogP contribution in [0.15, 0.2) is 6.07 Å². The zero-order valence-electron chi connectivity index (χ0n) is 10.7. The summed E-state index contributed by atoms with van der Waals surface area (Å²) in [6, 6.07) is 2.00. The lowest BCUT2D eigenvalue weighted by Crippen LogP contribution is -1.98. The lowest BCUT2D eigenvalue weighted by molar-refractivity contribution is 0.780. The molecule has 0 radical (unpaired) electrons. The van der Waals surface area contributed by atoms with Crippen LogP contribution < -0.4 is 5.73 Å². The van der Waals surface area contributed by atoms with Crippen molar-refractivity contribution >= 4 is 5.82 Å². The number of nitrogen functional groups attached to an aromatic ring is 1. The highest BCUT2D eigenvalue weighted by Gasteiger charge is 2.16. The topological polar surface area (TPSA) is 69.6 Å². The summed E-state index contributed by atoms with van der Waals surface area (Å²) in [5.41, 5.74) is 10.8. The molecule has 0 fully saturated rings. The number of anilines is 1. The summed E-state index contributed by atoms with van der Waals surface area (Å²) >= 11 is 0. The average Bonchev–Trinajstić information content (AvgIpc) is 2.58. The maximum Gasteiger partial charge on any atom is 0.125 e. The third-order valence-electron chi connectivity index (χ3n) is 2.90. The molecule has 90 valence electrons. The summed E-state index contributed by atoms with van der Waals surface area (Å²) in [5, 5.41) is 12.6. The van der Waals surface area contributed by atoms with E-state index in [1.54, 1.807) is 4.68 Å². The van der Waals surface area contributed by atoms with Crippen molar-refractivity contribution in [3.63, 3.8) is 0 Å². The van der Waals surface area contributed by atoms with Crippen LogP contribution in [0.25, 0.3) is 11.3 Å². The minimum absolute atomic E-state index is 0.719. The van der Waals surface area contributed by atoms with Crippen LogP contribution in [0.1, 0.15) is 23.9 Å². The third-order valence-corrected chi connectivity index (χ3v) is 2.90. The summed E-state index contributed by atoms with van der Waals surface area (Å²) in [6.45, 7) is 5.94. The molecular weight excluding hydrogens is 214 g/mol. The van der Waals surface area contributed by atoms with Gasteiger partial charge in [0.1, 0.15) is 5.82 Å². The summed E-state index contributed by atoms with van der Waals surface area (Å²) in [5.74, 6) is 0.719. The van der Waals surface area contributed by atoms with E-state index in [1.807, 2.05) is 27.0 Å². The molecule has 0 bridgehead atoms. The summed E-state index contributed by atoms with van der Waals surface area (Å²) in [6.07, 6.45) is 0.857. The normalized spacial score (nSPS) is 10.8. The van der Waals surface area contributed by atoms with E-state index in [1.165, 1.54) is 0 Å². The van der Waals surface area contributed by atoms with Crippen molar-refractivity contribution in [1.82, 2.24) is 20.0 Å². The van der Waals surface area contributed by atoms with Gasteiger partial charge in [0, 0.05) is 18.2 Å². The molecule has 0 amide bonds. The Balaban J connectivity index is 2.68. The highest BCUT2D eigenvalue weighted by atomic mass is 15.3. The highest BCUT2D eigenvalue weighted by Crippen LogP contribution is 2.28. The highest BCUT2D eigenvalue weighted by molar-refractivity contribution is 5.70. The van der Waals surface area contributed by atoms with E-state index in [-0.39, 0.29) is 0 Å². The van der Waals surface area contributed by atoms with E-state index in [0.29, 0.717) is 0 Å². The number of aryl methyl sites for hydroxylation is 3. The van der Waals surface area contributed by atoms with Crippen LogP contribution in [0.2, 0.25) is 0 Å². The fourth-order valence-electron chi connectivity index (χ4n) is 1.94. The standard InChI is InChI=1S/C12H17N5/c1-5-9-11(16-17(4)12(9)13)10-6-7(2)14-15-8(10)3/h6H,5,13H2,1-4H3. The molecule has 0 saturated heterocycles. The Morgan fingerprint density at radius 1 is 1.29 bits per heavy atom. The minimum Gasteiger partial charge on any atom is -0.384 e. The van der Waals surface area contributed by atoms with Gasteiger partial charge in [0.25, 0.3) is 0 Å². The zero-order valence-corrected chi connectivity index (χ0v) is 10.7. The lowest BCUT2D eigenvalue weighted by Gasteiger charge is -2.04. The van der Waals surface area contributed by atoms with E-state index >= 15 is 0 Å². The van der Waals surface area contributed by atoms with Gasteiger partial charge in [-0.25, -0.2) is 0 Å².